The molecular formula is C46H38N4. The Labute approximate surface area is 293 Å². The molecule has 0 atom stereocenters. The fraction of sp³-hybridized carbons (Fsp3) is 0.152. The molecule has 0 N–H and O–H groups in total. The van der Waals surface area contributed by atoms with Gasteiger partial charge in [0.2, 0.25) is 0 Å². The Morgan fingerprint density at radius 1 is 0.660 bits per heavy atom. The summed E-state index contributed by atoms with van der Waals surface area (Å²) >= 11 is 0. The van der Waals surface area contributed by atoms with Gasteiger partial charge >= 0.3 is 0 Å². The van der Waals surface area contributed by atoms with Gasteiger partial charge in [-0.3, -0.25) is 0 Å². The third-order valence-corrected chi connectivity index (χ3v) is 10.3. The molecule has 0 fully saturated rings. The predicted octanol–water partition coefficient (Wildman–Crippen LogP) is 11.3. The van der Waals surface area contributed by atoms with Gasteiger partial charge in [0.05, 0.1) is 16.9 Å². The average molecular weight is 647 g/mol. The first-order valence-corrected chi connectivity index (χ1v) is 17.8. The molecule has 6 aromatic rings. The van der Waals surface area contributed by atoms with E-state index < -0.39 is 0 Å². The minimum Gasteiger partial charge on any atom is -0.309 e. The molecule has 0 spiro atoms. The first kappa shape index (κ1) is 30.2. The van der Waals surface area contributed by atoms with Crippen LogP contribution in [-0.2, 0) is 12.8 Å². The van der Waals surface area contributed by atoms with Gasteiger partial charge in [0.1, 0.15) is 0 Å². The maximum absolute atomic E-state index is 5.22. The average Bonchev–Trinajstić information content (AvgIpc) is 3.50. The maximum atomic E-state index is 5.22. The summed E-state index contributed by atoms with van der Waals surface area (Å²) in [6.45, 7) is 6.33. The number of para-hydroxylation sites is 1. The van der Waals surface area contributed by atoms with Crippen LogP contribution in [0.2, 0.25) is 0 Å². The quantitative estimate of drug-likeness (QED) is 0.181. The predicted molar refractivity (Wildman–Crippen MR) is 209 cm³/mol. The van der Waals surface area contributed by atoms with Crippen molar-refractivity contribution in [3.63, 3.8) is 0 Å². The number of fused-ring (bicyclic) bond motifs is 7. The Morgan fingerprint density at radius 2 is 1.34 bits per heavy atom. The van der Waals surface area contributed by atoms with Crippen LogP contribution in [0.3, 0.4) is 0 Å². The molecule has 2 aromatic heterocycles. The minimum atomic E-state index is 0.708. The van der Waals surface area contributed by atoms with Gasteiger partial charge in [0, 0.05) is 33.2 Å². The highest BCUT2D eigenvalue weighted by Gasteiger charge is 2.30. The number of hydrogen-bond acceptors (Lipinski definition) is 3. The Kier molecular flexibility index (Phi) is 7.58. The van der Waals surface area contributed by atoms with E-state index in [9.17, 15) is 0 Å². The topological polar surface area (TPSA) is 43.6 Å². The fourth-order valence-corrected chi connectivity index (χ4v) is 8.22. The third-order valence-electron chi connectivity index (χ3n) is 10.3. The Hall–Kier alpha value is -5.87. The molecule has 2 heterocycles. The largest absolute Gasteiger partial charge is 0.309 e. The Bertz CT molecular complexity index is 2500. The van der Waals surface area contributed by atoms with E-state index in [4.69, 9.17) is 15.0 Å². The summed E-state index contributed by atoms with van der Waals surface area (Å²) in [5.41, 5.74) is 13.4. The van der Waals surface area contributed by atoms with Gasteiger partial charge < -0.3 is 4.57 Å². The van der Waals surface area contributed by atoms with Crippen LogP contribution in [0.5, 0.6) is 0 Å². The van der Waals surface area contributed by atoms with Crippen molar-refractivity contribution in [1.82, 2.24) is 19.5 Å². The summed E-state index contributed by atoms with van der Waals surface area (Å²) in [4.78, 5) is 15.4. The van der Waals surface area contributed by atoms with E-state index in [1.54, 1.807) is 0 Å². The molecule has 0 bridgehead atoms. The van der Waals surface area contributed by atoms with E-state index in [0.29, 0.717) is 5.82 Å². The van der Waals surface area contributed by atoms with Crippen LogP contribution >= 0.6 is 0 Å². The zero-order chi connectivity index (χ0) is 33.6. The zero-order valence-corrected chi connectivity index (χ0v) is 28.4. The van der Waals surface area contributed by atoms with Crippen LogP contribution in [0.15, 0.2) is 122 Å². The van der Waals surface area contributed by atoms with Crippen molar-refractivity contribution in [2.75, 3.05) is 0 Å². The van der Waals surface area contributed by atoms with E-state index in [1.165, 1.54) is 60.9 Å². The third kappa shape index (κ3) is 4.86. The number of aromatic nitrogens is 4. The molecule has 50 heavy (non-hydrogen) atoms. The van der Waals surface area contributed by atoms with E-state index in [1.807, 2.05) is 24.3 Å². The van der Waals surface area contributed by atoms with E-state index in [2.05, 4.69) is 121 Å². The first-order valence-electron chi connectivity index (χ1n) is 17.8. The SMILES string of the molecule is C=Cc1c(/C=C\C)n(C2=CCCc3c4c(c5ccccc5c32)C(c2nc(C3=CCCC=C3)nc(-c3ccccc3)n2)=CCC4)c2ccccc12. The van der Waals surface area contributed by atoms with Gasteiger partial charge in [-0.1, -0.05) is 122 Å². The molecule has 4 aromatic carbocycles. The molecule has 242 valence electrons. The van der Waals surface area contributed by atoms with Gasteiger partial charge in [-0.25, -0.2) is 15.0 Å². The van der Waals surface area contributed by atoms with Crippen LogP contribution < -0.4 is 0 Å². The highest BCUT2D eigenvalue weighted by Crippen LogP contribution is 2.46. The van der Waals surface area contributed by atoms with Gasteiger partial charge in [0.25, 0.3) is 0 Å². The van der Waals surface area contributed by atoms with Crippen molar-refractivity contribution >= 4 is 50.7 Å². The summed E-state index contributed by atoms with van der Waals surface area (Å²) in [5.74, 6) is 2.19. The summed E-state index contributed by atoms with van der Waals surface area (Å²) in [7, 11) is 0. The lowest BCUT2D eigenvalue weighted by Crippen LogP contribution is -2.16. The number of allylic oxidation sites excluding steroid dienone is 7. The number of hydrogen-bond donors (Lipinski definition) is 0. The van der Waals surface area contributed by atoms with Crippen LogP contribution in [0.4, 0.5) is 0 Å². The van der Waals surface area contributed by atoms with Gasteiger partial charge in [0.15, 0.2) is 17.5 Å². The molecule has 4 nitrogen and oxygen atoms in total. The minimum absolute atomic E-state index is 0.708. The smallest absolute Gasteiger partial charge is 0.164 e. The molecule has 3 aliphatic carbocycles. The second-order valence-corrected chi connectivity index (χ2v) is 13.2. The molecule has 3 aliphatic rings. The van der Waals surface area contributed by atoms with E-state index in [-0.39, 0.29) is 0 Å². The second-order valence-electron chi connectivity index (χ2n) is 13.2. The molecule has 0 saturated carbocycles. The highest BCUT2D eigenvalue weighted by atomic mass is 15.0. The number of benzene rings is 4. The molecule has 4 heteroatoms. The fourth-order valence-electron chi connectivity index (χ4n) is 8.22. The summed E-state index contributed by atoms with van der Waals surface area (Å²) in [6.07, 6.45) is 23.7. The zero-order valence-electron chi connectivity index (χ0n) is 28.4. The molecular weight excluding hydrogens is 609 g/mol. The van der Waals surface area contributed by atoms with E-state index >= 15 is 0 Å². The highest BCUT2D eigenvalue weighted by molar-refractivity contribution is 6.07. The van der Waals surface area contributed by atoms with Crippen molar-refractivity contribution in [3.05, 3.63) is 167 Å². The van der Waals surface area contributed by atoms with Crippen LogP contribution in [0.1, 0.15) is 77.8 Å². The first-order chi connectivity index (χ1) is 24.7. The second kappa shape index (κ2) is 12.5. The molecule has 9 rings (SSSR count). The van der Waals surface area contributed by atoms with Gasteiger partial charge in [-0.05, 0) is 85.1 Å². The molecule has 0 aliphatic heterocycles. The van der Waals surface area contributed by atoms with Crippen molar-refractivity contribution in [3.8, 4) is 11.4 Å². The normalized spacial score (nSPS) is 15.5. The Balaban J connectivity index is 1.29. The molecule has 0 radical (unpaired) electrons. The Morgan fingerprint density at radius 3 is 2.10 bits per heavy atom. The molecule has 0 saturated heterocycles. The monoisotopic (exact) mass is 646 g/mol. The van der Waals surface area contributed by atoms with Crippen LogP contribution in [0.25, 0.3) is 62.1 Å². The lowest BCUT2D eigenvalue weighted by atomic mass is 9.77. The van der Waals surface area contributed by atoms with Crippen LogP contribution in [-0.4, -0.2) is 19.5 Å². The summed E-state index contributed by atoms with van der Waals surface area (Å²) in [5, 5.41) is 3.73. The van der Waals surface area contributed by atoms with Crippen molar-refractivity contribution in [2.24, 2.45) is 0 Å². The summed E-state index contributed by atoms with van der Waals surface area (Å²) < 4.78 is 2.47. The summed E-state index contributed by atoms with van der Waals surface area (Å²) in [6, 6.07) is 28.0. The standard InChI is InChI=1S/C46H38N4/c1-3-17-39-32(4-2)33-22-13-14-28-40(33)50(39)41-29-16-26-37-35-25-15-27-38(42(35)34-23-11-12-24-36(34)43(37)41)46-48-44(30-18-7-5-8-19-30)47-45(49-46)31-20-9-6-10-21-31/h3-5,7-9,11-14,17-24,27-29H,2,6,10,15-16,25-26H2,1H3/b17-3-. The molecule has 0 amide bonds. The van der Waals surface area contributed by atoms with Crippen LogP contribution in [0, 0.1) is 0 Å². The maximum Gasteiger partial charge on any atom is 0.164 e. The van der Waals surface area contributed by atoms with Gasteiger partial charge in [-0.15, -0.1) is 0 Å². The van der Waals surface area contributed by atoms with E-state index in [0.717, 1.165) is 66.9 Å². The lowest BCUT2D eigenvalue weighted by Gasteiger charge is -2.30. The molecule has 0 unspecified atom stereocenters. The number of rotatable bonds is 6. The van der Waals surface area contributed by atoms with Gasteiger partial charge in [-0.2, -0.15) is 0 Å². The number of nitrogens with zero attached hydrogens (tertiary/aromatic N) is 4. The lowest BCUT2D eigenvalue weighted by molar-refractivity contribution is 0.888. The van der Waals surface area contributed by atoms with Crippen molar-refractivity contribution in [1.29, 1.82) is 0 Å². The van der Waals surface area contributed by atoms with Crippen molar-refractivity contribution < 1.29 is 0 Å². The van der Waals surface area contributed by atoms with Crippen molar-refractivity contribution in [2.45, 2.75) is 45.4 Å².